The van der Waals surface area contributed by atoms with Crippen molar-refractivity contribution in [1.29, 1.82) is 0 Å². The maximum atomic E-state index is 13.0. The van der Waals surface area contributed by atoms with E-state index in [2.05, 4.69) is 15.5 Å². The number of carbonyl (C=O) groups is 1. The zero-order chi connectivity index (χ0) is 19.6. The second kappa shape index (κ2) is 7.36. The Hall–Kier alpha value is -3.56. The third-order valence-corrected chi connectivity index (χ3v) is 4.01. The molecule has 0 aliphatic carbocycles. The highest BCUT2D eigenvalue weighted by Gasteiger charge is 2.17. The van der Waals surface area contributed by atoms with Crippen molar-refractivity contribution in [3.8, 4) is 0 Å². The number of rotatable bonds is 6. The molecule has 0 fully saturated rings. The van der Waals surface area contributed by atoms with Crippen molar-refractivity contribution >= 4 is 17.4 Å². The molecule has 10 heteroatoms. The first-order valence-corrected chi connectivity index (χ1v) is 8.09. The number of hydrogen-bond donors (Lipinski definition) is 1. The normalized spacial score (nSPS) is 10.8. The van der Waals surface area contributed by atoms with Gasteiger partial charge in [0.15, 0.2) is 0 Å². The summed E-state index contributed by atoms with van der Waals surface area (Å²) in [6, 6.07) is 7.34. The van der Waals surface area contributed by atoms with Crippen LogP contribution in [0.2, 0.25) is 0 Å². The Labute approximate surface area is 153 Å². The zero-order valence-electron chi connectivity index (χ0n) is 14.7. The molecule has 0 unspecified atom stereocenters. The summed E-state index contributed by atoms with van der Waals surface area (Å²) in [5.41, 5.74) is 2.83. The lowest BCUT2D eigenvalue weighted by molar-refractivity contribution is -0.389. The number of hydrogen-bond acceptors (Lipinski definition) is 5. The van der Waals surface area contributed by atoms with Crippen LogP contribution < -0.4 is 5.32 Å². The maximum Gasteiger partial charge on any atom is 0.389 e. The van der Waals surface area contributed by atoms with Crippen LogP contribution in [0.3, 0.4) is 0 Å². The van der Waals surface area contributed by atoms with Gasteiger partial charge >= 0.3 is 5.82 Å². The highest BCUT2D eigenvalue weighted by Crippen LogP contribution is 2.20. The SMILES string of the molecule is Cc1nn(Cc2ccc(F)cc2)c(C)c1NC(=O)Cn1ccc([N+](=O)[O-])n1. The van der Waals surface area contributed by atoms with Crippen LogP contribution >= 0.6 is 0 Å². The Morgan fingerprint density at radius 3 is 2.56 bits per heavy atom. The Balaban J connectivity index is 1.70. The molecule has 0 saturated carbocycles. The van der Waals surface area contributed by atoms with Crippen molar-refractivity contribution in [3.63, 3.8) is 0 Å². The van der Waals surface area contributed by atoms with Gasteiger partial charge in [0.05, 0.1) is 41.0 Å². The van der Waals surface area contributed by atoms with Gasteiger partial charge in [0.25, 0.3) is 0 Å². The van der Waals surface area contributed by atoms with Gasteiger partial charge in [0.1, 0.15) is 12.4 Å². The van der Waals surface area contributed by atoms with Gasteiger partial charge in [-0.2, -0.15) is 9.78 Å². The molecule has 2 aromatic heterocycles. The zero-order valence-corrected chi connectivity index (χ0v) is 14.7. The minimum atomic E-state index is -0.623. The molecule has 9 nitrogen and oxygen atoms in total. The summed E-state index contributed by atoms with van der Waals surface area (Å²) >= 11 is 0. The van der Waals surface area contributed by atoms with E-state index < -0.39 is 4.92 Å². The van der Waals surface area contributed by atoms with Gasteiger partial charge in [-0.15, -0.1) is 0 Å². The molecule has 1 N–H and O–H groups in total. The molecule has 1 aromatic carbocycles. The van der Waals surface area contributed by atoms with Crippen LogP contribution in [-0.4, -0.2) is 30.4 Å². The van der Waals surface area contributed by atoms with Crippen LogP contribution in [-0.2, 0) is 17.9 Å². The maximum absolute atomic E-state index is 13.0. The summed E-state index contributed by atoms with van der Waals surface area (Å²) in [5.74, 6) is -0.998. The molecule has 27 heavy (non-hydrogen) atoms. The smallest absolute Gasteiger partial charge is 0.358 e. The number of benzene rings is 1. The van der Waals surface area contributed by atoms with Crippen LogP contribution in [0.4, 0.5) is 15.9 Å². The Morgan fingerprint density at radius 1 is 1.22 bits per heavy atom. The van der Waals surface area contributed by atoms with Gasteiger partial charge in [-0.1, -0.05) is 12.1 Å². The van der Waals surface area contributed by atoms with Crippen LogP contribution in [0.15, 0.2) is 36.5 Å². The molecular weight excluding hydrogens is 355 g/mol. The van der Waals surface area contributed by atoms with Gasteiger partial charge < -0.3 is 15.4 Å². The second-order valence-electron chi connectivity index (χ2n) is 6.01. The number of aromatic nitrogens is 4. The molecule has 0 aliphatic rings. The summed E-state index contributed by atoms with van der Waals surface area (Å²) in [4.78, 5) is 22.3. The molecule has 1 amide bonds. The van der Waals surface area contributed by atoms with Crippen molar-refractivity contribution in [2.45, 2.75) is 26.9 Å². The highest BCUT2D eigenvalue weighted by atomic mass is 19.1. The van der Waals surface area contributed by atoms with Gasteiger partial charge in [-0.25, -0.2) is 4.39 Å². The monoisotopic (exact) mass is 372 g/mol. The molecule has 0 atom stereocenters. The van der Waals surface area contributed by atoms with Crippen molar-refractivity contribution < 1.29 is 14.1 Å². The first kappa shape index (κ1) is 18.2. The standard InChI is InChI=1S/C17H17FN6O3/c1-11-17(19-16(25)10-22-8-7-15(21-22)24(26)27)12(2)23(20-11)9-13-3-5-14(18)6-4-13/h3-8H,9-10H2,1-2H3,(H,19,25). The summed E-state index contributed by atoms with van der Waals surface area (Å²) in [5, 5.41) is 21.5. The first-order chi connectivity index (χ1) is 12.8. The number of nitrogens with zero attached hydrogens (tertiary/aromatic N) is 5. The molecule has 0 bridgehead atoms. The minimum Gasteiger partial charge on any atom is -0.358 e. The van der Waals surface area contributed by atoms with E-state index in [9.17, 15) is 19.3 Å². The molecule has 0 radical (unpaired) electrons. The Kier molecular flexibility index (Phi) is 4.97. The summed E-state index contributed by atoms with van der Waals surface area (Å²) in [7, 11) is 0. The number of aryl methyl sites for hydroxylation is 1. The molecule has 140 valence electrons. The Morgan fingerprint density at radius 2 is 1.93 bits per heavy atom. The fourth-order valence-corrected chi connectivity index (χ4v) is 2.66. The lowest BCUT2D eigenvalue weighted by Gasteiger charge is -2.07. The fourth-order valence-electron chi connectivity index (χ4n) is 2.66. The summed E-state index contributed by atoms with van der Waals surface area (Å²) < 4.78 is 15.9. The van der Waals surface area contributed by atoms with Gasteiger partial charge in [-0.3, -0.25) is 9.48 Å². The van der Waals surface area contributed by atoms with E-state index in [1.54, 1.807) is 23.7 Å². The van der Waals surface area contributed by atoms with Crippen LogP contribution in [0.1, 0.15) is 17.0 Å². The summed E-state index contributed by atoms with van der Waals surface area (Å²) in [6.07, 6.45) is 1.37. The molecular formula is C17H17FN6O3. The van der Waals surface area contributed by atoms with Crippen molar-refractivity contribution in [3.05, 3.63) is 69.4 Å². The lowest BCUT2D eigenvalue weighted by atomic mass is 10.2. The fraction of sp³-hybridized carbons (Fsp3) is 0.235. The number of amides is 1. The van der Waals surface area contributed by atoms with Crippen LogP contribution in [0.5, 0.6) is 0 Å². The molecule has 0 aliphatic heterocycles. The predicted molar refractivity (Wildman–Crippen MR) is 94.7 cm³/mol. The number of nitrogens with one attached hydrogen (secondary N) is 1. The topological polar surface area (TPSA) is 108 Å². The molecule has 0 saturated heterocycles. The third-order valence-electron chi connectivity index (χ3n) is 4.01. The van der Waals surface area contributed by atoms with Crippen molar-refractivity contribution in [2.24, 2.45) is 0 Å². The average molecular weight is 372 g/mol. The molecule has 2 heterocycles. The summed E-state index contributed by atoms with van der Waals surface area (Å²) in [6.45, 7) is 3.87. The number of carbonyl (C=O) groups excluding carboxylic acids is 1. The van der Waals surface area contributed by atoms with E-state index in [0.29, 0.717) is 17.9 Å². The quantitative estimate of drug-likeness (QED) is 0.528. The average Bonchev–Trinajstić information content (AvgIpc) is 3.18. The largest absolute Gasteiger partial charge is 0.389 e. The Bertz CT molecular complexity index is 993. The highest BCUT2D eigenvalue weighted by molar-refractivity contribution is 5.91. The van der Waals surface area contributed by atoms with E-state index in [1.165, 1.54) is 29.1 Å². The van der Waals surface area contributed by atoms with E-state index in [-0.39, 0.29) is 24.1 Å². The van der Waals surface area contributed by atoms with Crippen molar-refractivity contribution in [2.75, 3.05) is 5.32 Å². The molecule has 3 rings (SSSR count). The van der Waals surface area contributed by atoms with E-state index in [4.69, 9.17) is 0 Å². The predicted octanol–water partition coefficient (Wildman–Crippen LogP) is 2.43. The molecule has 3 aromatic rings. The van der Waals surface area contributed by atoms with Gasteiger partial charge in [0.2, 0.25) is 5.91 Å². The van der Waals surface area contributed by atoms with E-state index in [1.807, 2.05) is 6.92 Å². The minimum absolute atomic E-state index is 0.157. The number of anilines is 1. The third kappa shape index (κ3) is 4.17. The van der Waals surface area contributed by atoms with Gasteiger partial charge in [0, 0.05) is 0 Å². The number of nitro groups is 1. The molecule has 0 spiro atoms. The van der Waals surface area contributed by atoms with Crippen LogP contribution in [0, 0.1) is 29.8 Å². The number of halogens is 1. The van der Waals surface area contributed by atoms with Gasteiger partial charge in [-0.05, 0) is 36.5 Å². The van der Waals surface area contributed by atoms with E-state index >= 15 is 0 Å². The second-order valence-corrected chi connectivity index (χ2v) is 6.01. The lowest BCUT2D eigenvalue weighted by Crippen LogP contribution is -2.20. The first-order valence-electron chi connectivity index (χ1n) is 8.09. The van der Waals surface area contributed by atoms with Crippen molar-refractivity contribution in [1.82, 2.24) is 19.6 Å². The van der Waals surface area contributed by atoms with Crippen LogP contribution in [0.25, 0.3) is 0 Å². The van der Waals surface area contributed by atoms with E-state index in [0.717, 1.165) is 11.3 Å².